The van der Waals surface area contributed by atoms with Crippen molar-refractivity contribution in [2.75, 3.05) is 13.7 Å². The smallest absolute Gasteiger partial charge is 0.243 e. The quantitative estimate of drug-likeness (QED) is 0.821. The van der Waals surface area contributed by atoms with Crippen LogP contribution in [0.5, 0.6) is 5.75 Å². The lowest BCUT2D eigenvalue weighted by atomic mass is 10.2. The van der Waals surface area contributed by atoms with Crippen molar-refractivity contribution in [1.82, 2.24) is 4.31 Å². The molecule has 0 radical (unpaired) electrons. The Bertz CT molecular complexity index is 712. The number of halogens is 1. The van der Waals surface area contributed by atoms with Crippen LogP contribution in [-0.2, 0) is 16.6 Å². The summed E-state index contributed by atoms with van der Waals surface area (Å²) in [4.78, 5) is 0.0716. The second kappa shape index (κ2) is 6.89. The molecule has 4 nitrogen and oxygen atoms in total. The Balaban J connectivity index is 2.13. The average molecular weight is 323 g/mol. The summed E-state index contributed by atoms with van der Waals surface area (Å²) in [7, 11) is -2.14. The van der Waals surface area contributed by atoms with Crippen LogP contribution in [-0.4, -0.2) is 26.4 Å². The van der Waals surface area contributed by atoms with Gasteiger partial charge in [-0.2, -0.15) is 4.31 Å². The highest BCUT2D eigenvalue weighted by molar-refractivity contribution is 7.89. The van der Waals surface area contributed by atoms with Crippen molar-refractivity contribution in [2.24, 2.45) is 0 Å². The van der Waals surface area contributed by atoms with E-state index in [2.05, 4.69) is 0 Å². The third kappa shape index (κ3) is 3.84. The molecule has 0 aliphatic rings. The zero-order chi connectivity index (χ0) is 16.2. The maximum Gasteiger partial charge on any atom is 0.243 e. The molecule has 6 heteroatoms. The van der Waals surface area contributed by atoms with Crippen LogP contribution in [0.2, 0.25) is 0 Å². The van der Waals surface area contributed by atoms with Gasteiger partial charge in [0.1, 0.15) is 11.6 Å². The lowest BCUT2D eigenvalue weighted by Crippen LogP contribution is -2.26. The van der Waals surface area contributed by atoms with Gasteiger partial charge in [-0.25, -0.2) is 12.8 Å². The van der Waals surface area contributed by atoms with Crippen molar-refractivity contribution in [3.63, 3.8) is 0 Å². The molecule has 0 amide bonds. The molecule has 0 spiro atoms. The van der Waals surface area contributed by atoms with E-state index < -0.39 is 15.8 Å². The number of benzene rings is 2. The van der Waals surface area contributed by atoms with Gasteiger partial charge in [-0.3, -0.25) is 0 Å². The van der Waals surface area contributed by atoms with Gasteiger partial charge in [-0.15, -0.1) is 0 Å². The number of sulfonamides is 1. The second-order valence-corrected chi connectivity index (χ2v) is 6.84. The first-order chi connectivity index (χ1) is 10.4. The van der Waals surface area contributed by atoms with E-state index in [9.17, 15) is 12.8 Å². The summed E-state index contributed by atoms with van der Waals surface area (Å²) < 4.78 is 44.3. The SMILES string of the molecule is CCOc1ccc(CN(C)S(=O)(=O)c2ccc(F)cc2)cc1. The van der Waals surface area contributed by atoms with Gasteiger partial charge in [0.15, 0.2) is 0 Å². The van der Waals surface area contributed by atoms with Gasteiger partial charge in [0.25, 0.3) is 0 Å². The molecule has 0 unspecified atom stereocenters. The second-order valence-electron chi connectivity index (χ2n) is 4.79. The molecule has 0 bridgehead atoms. The van der Waals surface area contributed by atoms with Crippen LogP contribution in [0.3, 0.4) is 0 Å². The molecule has 2 aromatic rings. The summed E-state index contributed by atoms with van der Waals surface area (Å²) in [5.41, 5.74) is 0.844. The molecule has 0 N–H and O–H groups in total. The third-order valence-electron chi connectivity index (χ3n) is 3.16. The molecule has 0 aliphatic heterocycles. The molecular formula is C16H18FNO3S. The van der Waals surface area contributed by atoms with Crippen LogP contribution >= 0.6 is 0 Å². The van der Waals surface area contributed by atoms with Crippen LogP contribution in [0.15, 0.2) is 53.4 Å². The van der Waals surface area contributed by atoms with E-state index in [4.69, 9.17) is 4.74 Å². The lowest BCUT2D eigenvalue weighted by molar-refractivity contribution is 0.340. The lowest BCUT2D eigenvalue weighted by Gasteiger charge is -2.17. The molecule has 22 heavy (non-hydrogen) atoms. The fraction of sp³-hybridized carbons (Fsp3) is 0.250. The van der Waals surface area contributed by atoms with Crippen molar-refractivity contribution in [3.8, 4) is 5.75 Å². The summed E-state index contributed by atoms with van der Waals surface area (Å²) in [5.74, 6) is 0.281. The summed E-state index contributed by atoms with van der Waals surface area (Å²) in [5, 5.41) is 0. The molecular weight excluding hydrogens is 305 g/mol. The highest BCUT2D eigenvalue weighted by Gasteiger charge is 2.20. The first kappa shape index (κ1) is 16.5. The topological polar surface area (TPSA) is 46.6 Å². The van der Waals surface area contributed by atoms with Crippen LogP contribution in [0, 0.1) is 5.82 Å². The largest absolute Gasteiger partial charge is 0.494 e. The van der Waals surface area contributed by atoms with Gasteiger partial charge < -0.3 is 4.74 Å². The van der Waals surface area contributed by atoms with Crippen molar-refractivity contribution < 1.29 is 17.5 Å². The Hall–Kier alpha value is -1.92. The van der Waals surface area contributed by atoms with Crippen molar-refractivity contribution in [2.45, 2.75) is 18.4 Å². The molecule has 0 fully saturated rings. The number of ether oxygens (including phenoxy) is 1. The highest BCUT2D eigenvalue weighted by Crippen LogP contribution is 2.18. The Morgan fingerprint density at radius 3 is 2.18 bits per heavy atom. The molecule has 0 saturated heterocycles. The highest BCUT2D eigenvalue weighted by atomic mass is 32.2. The Morgan fingerprint density at radius 1 is 1.05 bits per heavy atom. The maximum atomic E-state index is 12.9. The summed E-state index contributed by atoms with van der Waals surface area (Å²) >= 11 is 0. The van der Waals surface area contributed by atoms with E-state index in [1.807, 2.05) is 19.1 Å². The minimum atomic E-state index is -3.64. The maximum absolute atomic E-state index is 12.9. The van der Waals surface area contributed by atoms with E-state index in [1.54, 1.807) is 12.1 Å². The van der Waals surface area contributed by atoms with Crippen molar-refractivity contribution in [3.05, 3.63) is 59.9 Å². The molecule has 2 aromatic carbocycles. The Labute approximate surface area is 130 Å². The molecule has 2 rings (SSSR count). The normalized spacial score (nSPS) is 11.6. The van der Waals surface area contributed by atoms with Crippen molar-refractivity contribution >= 4 is 10.0 Å². The first-order valence-corrected chi connectivity index (χ1v) is 8.31. The van der Waals surface area contributed by atoms with E-state index in [-0.39, 0.29) is 11.4 Å². The Kier molecular flexibility index (Phi) is 5.15. The Morgan fingerprint density at radius 2 is 1.64 bits per heavy atom. The fourth-order valence-corrected chi connectivity index (χ4v) is 3.15. The predicted molar refractivity (Wildman–Crippen MR) is 82.7 cm³/mol. The minimum absolute atomic E-state index is 0.0716. The van der Waals surface area contributed by atoms with Crippen LogP contribution in [0.4, 0.5) is 4.39 Å². The predicted octanol–water partition coefficient (Wildman–Crippen LogP) is 3.05. The van der Waals surface area contributed by atoms with E-state index in [1.165, 1.54) is 23.5 Å². The minimum Gasteiger partial charge on any atom is -0.494 e. The molecule has 0 atom stereocenters. The zero-order valence-electron chi connectivity index (χ0n) is 12.5. The standard InChI is InChI=1S/C16H18FNO3S/c1-3-21-15-8-4-13(5-9-15)12-18(2)22(19,20)16-10-6-14(17)7-11-16/h4-11H,3,12H2,1-2H3. The van der Waals surface area contributed by atoms with Crippen LogP contribution in [0.1, 0.15) is 12.5 Å². The fourth-order valence-electron chi connectivity index (χ4n) is 1.99. The molecule has 0 aliphatic carbocycles. The van der Waals surface area contributed by atoms with Gasteiger partial charge in [0.2, 0.25) is 10.0 Å². The number of hydrogen-bond acceptors (Lipinski definition) is 3. The molecule has 0 saturated carbocycles. The van der Waals surface area contributed by atoms with E-state index in [0.717, 1.165) is 23.4 Å². The first-order valence-electron chi connectivity index (χ1n) is 6.87. The van der Waals surface area contributed by atoms with Gasteiger partial charge in [-0.05, 0) is 48.9 Å². The summed E-state index contributed by atoms with van der Waals surface area (Å²) in [6, 6.07) is 12.0. The summed E-state index contributed by atoms with van der Waals surface area (Å²) in [6.07, 6.45) is 0. The van der Waals surface area contributed by atoms with Gasteiger partial charge in [-0.1, -0.05) is 12.1 Å². The molecule has 0 heterocycles. The van der Waals surface area contributed by atoms with Gasteiger partial charge >= 0.3 is 0 Å². The number of rotatable bonds is 6. The summed E-state index contributed by atoms with van der Waals surface area (Å²) in [6.45, 7) is 2.71. The van der Waals surface area contributed by atoms with E-state index >= 15 is 0 Å². The van der Waals surface area contributed by atoms with Gasteiger partial charge in [0.05, 0.1) is 11.5 Å². The zero-order valence-corrected chi connectivity index (χ0v) is 13.3. The average Bonchev–Trinajstić information content (AvgIpc) is 2.50. The van der Waals surface area contributed by atoms with Crippen LogP contribution < -0.4 is 4.74 Å². The third-order valence-corrected chi connectivity index (χ3v) is 4.98. The van der Waals surface area contributed by atoms with Gasteiger partial charge in [0, 0.05) is 13.6 Å². The molecule has 118 valence electrons. The number of nitrogens with zero attached hydrogens (tertiary/aromatic N) is 1. The number of hydrogen-bond donors (Lipinski definition) is 0. The monoisotopic (exact) mass is 323 g/mol. The molecule has 0 aromatic heterocycles. The van der Waals surface area contributed by atoms with Crippen LogP contribution in [0.25, 0.3) is 0 Å². The van der Waals surface area contributed by atoms with Crippen molar-refractivity contribution in [1.29, 1.82) is 0 Å². The van der Waals surface area contributed by atoms with E-state index in [0.29, 0.717) is 6.61 Å².